The standard InChI is InChI=1S/C65H108O6/c1-4-7-10-13-16-19-22-25-28-30-32-34-37-40-43-46-49-52-55-58-64(67)70-61-62(60-69-63(66)57-54-51-48-45-42-39-36-27-24-21-18-15-12-9-6-3)71-65(68)59-56-53-50-47-44-41-38-35-33-31-29-26-23-20-17-14-11-8-5-2/h8,11,16-17,19-20,25-29,33,35-36,41,44,50,53,62H,4-7,9-10,12-15,18,21-24,30-32,34,37-40,42-43,45-49,51-52,54-61H2,1-3H3/b11-8-,19-16-,20-17-,28-25-,29-26-,35-33-,36-27-,44-41-,53-50-/t62-/m0/s1. The molecule has 0 aliphatic rings. The molecule has 0 spiro atoms. The third-order valence-corrected chi connectivity index (χ3v) is 12.2. The van der Waals surface area contributed by atoms with Crippen LogP contribution in [0.5, 0.6) is 0 Å². The van der Waals surface area contributed by atoms with E-state index in [2.05, 4.69) is 124 Å². The van der Waals surface area contributed by atoms with E-state index in [1.54, 1.807) is 0 Å². The number of allylic oxidation sites excluding steroid dienone is 18. The van der Waals surface area contributed by atoms with Crippen LogP contribution in [0.15, 0.2) is 109 Å². The zero-order valence-electron chi connectivity index (χ0n) is 46.2. The third-order valence-electron chi connectivity index (χ3n) is 12.2. The van der Waals surface area contributed by atoms with Crippen LogP contribution >= 0.6 is 0 Å². The second-order valence-corrected chi connectivity index (χ2v) is 19.2. The maximum Gasteiger partial charge on any atom is 0.306 e. The van der Waals surface area contributed by atoms with Gasteiger partial charge in [-0.3, -0.25) is 14.4 Å². The predicted molar refractivity (Wildman–Crippen MR) is 307 cm³/mol. The molecule has 0 bridgehead atoms. The number of carbonyl (C=O) groups excluding carboxylic acids is 3. The molecule has 0 saturated carbocycles. The Labute approximate surface area is 438 Å². The van der Waals surface area contributed by atoms with Crippen molar-refractivity contribution in [3.63, 3.8) is 0 Å². The first-order valence-corrected chi connectivity index (χ1v) is 29.4. The smallest absolute Gasteiger partial charge is 0.306 e. The molecule has 0 saturated heterocycles. The minimum Gasteiger partial charge on any atom is -0.462 e. The normalized spacial score (nSPS) is 12.9. The fourth-order valence-corrected chi connectivity index (χ4v) is 7.85. The summed E-state index contributed by atoms with van der Waals surface area (Å²) in [5, 5.41) is 0. The Balaban J connectivity index is 4.52. The molecule has 0 aromatic rings. The first-order chi connectivity index (χ1) is 35.0. The van der Waals surface area contributed by atoms with Crippen LogP contribution in [-0.2, 0) is 28.6 Å². The zero-order valence-corrected chi connectivity index (χ0v) is 46.2. The molecule has 0 heterocycles. The fourth-order valence-electron chi connectivity index (χ4n) is 7.85. The van der Waals surface area contributed by atoms with E-state index in [1.165, 1.54) is 122 Å². The number of carbonyl (C=O) groups is 3. The van der Waals surface area contributed by atoms with E-state index in [0.29, 0.717) is 19.3 Å². The number of rotatable bonds is 52. The number of ether oxygens (including phenoxy) is 3. The summed E-state index contributed by atoms with van der Waals surface area (Å²) < 4.78 is 16.8. The molecule has 0 aliphatic carbocycles. The Morgan fingerprint density at radius 1 is 0.296 bits per heavy atom. The van der Waals surface area contributed by atoms with Crippen molar-refractivity contribution in [1.82, 2.24) is 0 Å². The van der Waals surface area contributed by atoms with Crippen LogP contribution in [0, 0.1) is 0 Å². The van der Waals surface area contributed by atoms with Gasteiger partial charge >= 0.3 is 17.9 Å². The van der Waals surface area contributed by atoms with E-state index >= 15 is 0 Å². The molecule has 0 unspecified atom stereocenters. The average Bonchev–Trinajstić information content (AvgIpc) is 3.37. The molecule has 0 aromatic heterocycles. The lowest BCUT2D eigenvalue weighted by Crippen LogP contribution is -2.30. The Morgan fingerprint density at radius 2 is 0.577 bits per heavy atom. The highest BCUT2D eigenvalue weighted by atomic mass is 16.6. The summed E-state index contributed by atoms with van der Waals surface area (Å²) in [5.74, 6) is -1.01. The van der Waals surface area contributed by atoms with Crippen molar-refractivity contribution >= 4 is 17.9 Å². The molecule has 0 aromatic carbocycles. The van der Waals surface area contributed by atoms with Crippen LogP contribution in [0.3, 0.4) is 0 Å². The third kappa shape index (κ3) is 56.9. The van der Waals surface area contributed by atoms with E-state index in [4.69, 9.17) is 14.2 Å². The summed E-state index contributed by atoms with van der Waals surface area (Å²) in [6, 6.07) is 0. The molecule has 71 heavy (non-hydrogen) atoms. The molecule has 0 amide bonds. The van der Waals surface area contributed by atoms with Gasteiger partial charge in [0.15, 0.2) is 6.10 Å². The maximum atomic E-state index is 12.8. The van der Waals surface area contributed by atoms with Crippen molar-refractivity contribution in [1.29, 1.82) is 0 Å². The highest BCUT2D eigenvalue weighted by molar-refractivity contribution is 5.71. The average molecular weight is 986 g/mol. The van der Waals surface area contributed by atoms with E-state index in [1.807, 2.05) is 6.08 Å². The molecule has 0 aliphatic heterocycles. The molecular formula is C65H108O6. The molecule has 0 N–H and O–H groups in total. The van der Waals surface area contributed by atoms with Crippen molar-refractivity contribution in [3.05, 3.63) is 109 Å². The summed E-state index contributed by atoms with van der Waals surface area (Å²) in [6.07, 6.45) is 79.4. The van der Waals surface area contributed by atoms with Gasteiger partial charge < -0.3 is 14.2 Å². The molecule has 6 heteroatoms. The summed E-state index contributed by atoms with van der Waals surface area (Å²) in [6.45, 7) is 6.43. The van der Waals surface area contributed by atoms with Crippen molar-refractivity contribution in [2.75, 3.05) is 13.2 Å². The van der Waals surface area contributed by atoms with E-state index in [9.17, 15) is 14.4 Å². The maximum absolute atomic E-state index is 12.8. The van der Waals surface area contributed by atoms with Gasteiger partial charge in [0.25, 0.3) is 0 Å². The Bertz CT molecular complexity index is 1460. The molecule has 0 rings (SSSR count). The second kappa shape index (κ2) is 58.6. The van der Waals surface area contributed by atoms with Crippen molar-refractivity contribution < 1.29 is 28.6 Å². The van der Waals surface area contributed by atoms with Gasteiger partial charge in [-0.1, -0.05) is 239 Å². The number of hydrogen-bond donors (Lipinski definition) is 0. The molecule has 0 fully saturated rings. The summed E-state index contributed by atoms with van der Waals surface area (Å²) in [4.78, 5) is 38.2. The lowest BCUT2D eigenvalue weighted by molar-refractivity contribution is -0.166. The van der Waals surface area contributed by atoms with Crippen molar-refractivity contribution in [2.45, 2.75) is 271 Å². The van der Waals surface area contributed by atoms with E-state index in [0.717, 1.165) is 96.3 Å². The highest BCUT2D eigenvalue weighted by Crippen LogP contribution is 2.14. The Kier molecular flexibility index (Phi) is 55.4. The van der Waals surface area contributed by atoms with Crippen LogP contribution < -0.4 is 0 Å². The molecule has 404 valence electrons. The van der Waals surface area contributed by atoms with Gasteiger partial charge in [0, 0.05) is 19.3 Å². The number of unbranched alkanes of at least 4 members (excludes halogenated alkanes) is 23. The van der Waals surface area contributed by atoms with E-state index < -0.39 is 12.1 Å². The van der Waals surface area contributed by atoms with Crippen LogP contribution in [0.2, 0.25) is 0 Å². The highest BCUT2D eigenvalue weighted by Gasteiger charge is 2.19. The number of esters is 3. The monoisotopic (exact) mass is 985 g/mol. The topological polar surface area (TPSA) is 78.9 Å². The minimum atomic E-state index is -0.826. The van der Waals surface area contributed by atoms with Crippen molar-refractivity contribution in [3.8, 4) is 0 Å². The first kappa shape index (κ1) is 67.1. The summed E-state index contributed by atoms with van der Waals surface area (Å²) in [5.41, 5.74) is 0. The molecule has 6 nitrogen and oxygen atoms in total. The van der Waals surface area contributed by atoms with Gasteiger partial charge in [-0.25, -0.2) is 0 Å². The van der Waals surface area contributed by atoms with Crippen LogP contribution in [-0.4, -0.2) is 37.2 Å². The van der Waals surface area contributed by atoms with Crippen LogP contribution in [0.1, 0.15) is 265 Å². The van der Waals surface area contributed by atoms with Gasteiger partial charge in [0.05, 0.1) is 0 Å². The van der Waals surface area contributed by atoms with Gasteiger partial charge in [-0.05, 0) is 116 Å². The fraction of sp³-hybridized carbons (Fsp3) is 0.677. The van der Waals surface area contributed by atoms with Gasteiger partial charge in [-0.15, -0.1) is 0 Å². The lowest BCUT2D eigenvalue weighted by atomic mass is 10.1. The van der Waals surface area contributed by atoms with Crippen LogP contribution in [0.25, 0.3) is 0 Å². The van der Waals surface area contributed by atoms with E-state index in [-0.39, 0.29) is 31.6 Å². The van der Waals surface area contributed by atoms with Gasteiger partial charge in [0.1, 0.15) is 13.2 Å². The summed E-state index contributed by atoms with van der Waals surface area (Å²) in [7, 11) is 0. The van der Waals surface area contributed by atoms with Crippen LogP contribution in [0.4, 0.5) is 0 Å². The minimum absolute atomic E-state index is 0.114. The van der Waals surface area contributed by atoms with Crippen molar-refractivity contribution in [2.24, 2.45) is 0 Å². The molecule has 1 atom stereocenters. The quantitative estimate of drug-likeness (QED) is 0.0261. The lowest BCUT2D eigenvalue weighted by Gasteiger charge is -2.18. The SMILES string of the molecule is CC/C=C\C/C=C\C/C=C\C/C=C\C/C=C\C/C=C\CCC(=O)O[C@@H](COC(=O)CCCCCCC/C=C\CCCCCCCC)COC(=O)CCCCCCCCCCC/C=C\C/C=C\CCCCC. The Hall–Kier alpha value is -3.93. The Morgan fingerprint density at radius 3 is 0.958 bits per heavy atom. The van der Waals surface area contributed by atoms with Gasteiger partial charge in [0.2, 0.25) is 0 Å². The van der Waals surface area contributed by atoms with Gasteiger partial charge in [-0.2, -0.15) is 0 Å². The largest absolute Gasteiger partial charge is 0.462 e. The number of hydrogen-bond acceptors (Lipinski definition) is 6. The first-order valence-electron chi connectivity index (χ1n) is 29.4. The second-order valence-electron chi connectivity index (χ2n) is 19.2. The zero-order chi connectivity index (χ0) is 51.4. The summed E-state index contributed by atoms with van der Waals surface area (Å²) >= 11 is 0. The predicted octanol–water partition coefficient (Wildman–Crippen LogP) is 19.9. The molecule has 0 radical (unpaired) electrons. The molecular weight excluding hydrogens is 877 g/mol.